The molecule has 0 aliphatic rings. The topological polar surface area (TPSA) is 0 Å². The van der Waals surface area contributed by atoms with E-state index in [1.54, 1.807) is 0 Å². The van der Waals surface area contributed by atoms with E-state index in [1.807, 2.05) is 0 Å². The molecule has 2 atom stereocenters. The lowest BCUT2D eigenvalue weighted by Crippen LogP contribution is -1.95. The summed E-state index contributed by atoms with van der Waals surface area (Å²) in [7, 11) is 1.22. The SMILES string of the molecule is CCCCCCCCCCC(C)PCCCC. The standard InChI is InChI=1S/C16H35P/c1-4-6-8-9-10-11-12-13-14-16(3)17-15-7-5-2/h16-17H,4-15H2,1-3H3. The van der Waals surface area contributed by atoms with Gasteiger partial charge in [-0.2, -0.15) is 0 Å². The molecule has 0 aliphatic carbocycles. The Labute approximate surface area is 112 Å². The third-order valence-electron chi connectivity index (χ3n) is 3.51. The molecule has 0 fully saturated rings. The Morgan fingerprint density at radius 3 is 1.82 bits per heavy atom. The van der Waals surface area contributed by atoms with Gasteiger partial charge < -0.3 is 0 Å². The molecule has 0 radical (unpaired) electrons. The highest BCUT2D eigenvalue weighted by Crippen LogP contribution is 2.25. The molecule has 0 aliphatic heterocycles. The van der Waals surface area contributed by atoms with Crippen LogP contribution in [0.25, 0.3) is 0 Å². The lowest BCUT2D eigenvalue weighted by molar-refractivity contribution is 0.564. The Morgan fingerprint density at radius 1 is 0.706 bits per heavy atom. The first-order valence-electron chi connectivity index (χ1n) is 8.04. The fourth-order valence-corrected chi connectivity index (χ4v) is 3.67. The van der Waals surface area contributed by atoms with Crippen molar-refractivity contribution >= 4 is 8.58 Å². The van der Waals surface area contributed by atoms with Crippen LogP contribution in [0.2, 0.25) is 0 Å². The van der Waals surface area contributed by atoms with Gasteiger partial charge in [-0.05, 0) is 24.7 Å². The second kappa shape index (κ2) is 14.5. The molecule has 0 amide bonds. The molecule has 0 aromatic heterocycles. The van der Waals surface area contributed by atoms with Crippen LogP contribution in [0.5, 0.6) is 0 Å². The van der Waals surface area contributed by atoms with E-state index < -0.39 is 0 Å². The smallest absolute Gasteiger partial charge is 0.0265 e. The zero-order valence-corrected chi connectivity index (χ0v) is 13.6. The molecule has 0 bridgehead atoms. The van der Waals surface area contributed by atoms with Gasteiger partial charge in [-0.1, -0.05) is 78.6 Å². The fraction of sp³-hybridized carbons (Fsp3) is 1.00. The van der Waals surface area contributed by atoms with Gasteiger partial charge in [0.25, 0.3) is 0 Å². The molecule has 0 saturated heterocycles. The van der Waals surface area contributed by atoms with E-state index in [2.05, 4.69) is 20.8 Å². The van der Waals surface area contributed by atoms with Gasteiger partial charge in [-0.15, -0.1) is 8.58 Å². The lowest BCUT2D eigenvalue weighted by atomic mass is 10.1. The quantitative estimate of drug-likeness (QED) is 0.265. The first-order valence-corrected chi connectivity index (χ1v) is 9.33. The number of unbranched alkanes of at least 4 members (excludes halogenated alkanes) is 8. The summed E-state index contributed by atoms with van der Waals surface area (Å²) in [5.74, 6) is 0. The summed E-state index contributed by atoms with van der Waals surface area (Å²) >= 11 is 0. The molecule has 0 rings (SSSR count). The summed E-state index contributed by atoms with van der Waals surface area (Å²) < 4.78 is 0. The van der Waals surface area contributed by atoms with Gasteiger partial charge in [0.15, 0.2) is 0 Å². The Bertz CT molecular complexity index is 133. The van der Waals surface area contributed by atoms with Crippen LogP contribution in [-0.2, 0) is 0 Å². The third-order valence-corrected chi connectivity index (χ3v) is 5.14. The summed E-state index contributed by atoms with van der Waals surface area (Å²) in [6.45, 7) is 7.05. The van der Waals surface area contributed by atoms with Crippen molar-refractivity contribution in [3.8, 4) is 0 Å². The fourth-order valence-electron chi connectivity index (χ4n) is 2.21. The highest BCUT2D eigenvalue weighted by Gasteiger charge is 2.01. The van der Waals surface area contributed by atoms with Crippen LogP contribution < -0.4 is 0 Å². The molecule has 1 heteroatoms. The van der Waals surface area contributed by atoms with Crippen molar-refractivity contribution in [3.63, 3.8) is 0 Å². The summed E-state index contributed by atoms with van der Waals surface area (Å²) in [6, 6.07) is 0. The highest BCUT2D eigenvalue weighted by molar-refractivity contribution is 7.38. The van der Waals surface area contributed by atoms with Crippen LogP contribution in [0.15, 0.2) is 0 Å². The minimum absolute atomic E-state index is 1.00. The van der Waals surface area contributed by atoms with E-state index in [4.69, 9.17) is 0 Å². The summed E-state index contributed by atoms with van der Waals surface area (Å²) in [4.78, 5) is 0. The van der Waals surface area contributed by atoms with Gasteiger partial charge in [-0.3, -0.25) is 0 Å². The molecule has 0 heterocycles. The molecule has 0 nitrogen and oxygen atoms in total. The van der Waals surface area contributed by atoms with E-state index in [1.165, 1.54) is 85.4 Å². The predicted octanol–water partition coefficient (Wildman–Crippen LogP) is 6.38. The van der Waals surface area contributed by atoms with Gasteiger partial charge in [-0.25, -0.2) is 0 Å². The molecular weight excluding hydrogens is 223 g/mol. The molecule has 17 heavy (non-hydrogen) atoms. The molecule has 104 valence electrons. The Hall–Kier alpha value is 0.430. The van der Waals surface area contributed by atoms with Crippen molar-refractivity contribution < 1.29 is 0 Å². The molecule has 0 aromatic carbocycles. The van der Waals surface area contributed by atoms with Gasteiger partial charge >= 0.3 is 0 Å². The normalized spacial score (nSPS) is 13.6. The van der Waals surface area contributed by atoms with Crippen LogP contribution in [0.3, 0.4) is 0 Å². The summed E-state index contributed by atoms with van der Waals surface area (Å²) in [6.07, 6.45) is 17.5. The van der Waals surface area contributed by atoms with Crippen LogP contribution in [0.1, 0.15) is 91.4 Å². The van der Waals surface area contributed by atoms with Gasteiger partial charge in [0, 0.05) is 0 Å². The van der Waals surface area contributed by atoms with Crippen LogP contribution in [0.4, 0.5) is 0 Å². The zero-order valence-electron chi connectivity index (χ0n) is 12.6. The van der Waals surface area contributed by atoms with Crippen molar-refractivity contribution in [1.29, 1.82) is 0 Å². The lowest BCUT2D eigenvalue weighted by Gasteiger charge is -2.10. The first-order chi connectivity index (χ1) is 8.31. The van der Waals surface area contributed by atoms with E-state index in [0.717, 1.165) is 5.66 Å². The predicted molar refractivity (Wildman–Crippen MR) is 84.8 cm³/mol. The Balaban J connectivity index is 3.05. The maximum atomic E-state index is 2.45. The largest absolute Gasteiger partial charge is 0.119 e. The second-order valence-corrected chi connectivity index (χ2v) is 7.37. The number of hydrogen-bond acceptors (Lipinski definition) is 0. The zero-order chi connectivity index (χ0) is 12.8. The monoisotopic (exact) mass is 258 g/mol. The van der Waals surface area contributed by atoms with Gasteiger partial charge in [0.2, 0.25) is 0 Å². The van der Waals surface area contributed by atoms with E-state index in [0.29, 0.717) is 0 Å². The van der Waals surface area contributed by atoms with E-state index in [-0.39, 0.29) is 0 Å². The highest BCUT2D eigenvalue weighted by atomic mass is 31.1. The van der Waals surface area contributed by atoms with Crippen molar-refractivity contribution in [3.05, 3.63) is 0 Å². The molecule has 2 unspecified atom stereocenters. The van der Waals surface area contributed by atoms with Crippen molar-refractivity contribution in [1.82, 2.24) is 0 Å². The van der Waals surface area contributed by atoms with E-state index in [9.17, 15) is 0 Å². The molecular formula is C16H35P. The van der Waals surface area contributed by atoms with Gasteiger partial charge in [0.1, 0.15) is 0 Å². The van der Waals surface area contributed by atoms with Gasteiger partial charge in [0.05, 0.1) is 0 Å². The molecule has 0 aromatic rings. The second-order valence-electron chi connectivity index (χ2n) is 5.47. The van der Waals surface area contributed by atoms with E-state index >= 15 is 0 Å². The van der Waals surface area contributed by atoms with Crippen molar-refractivity contribution in [2.24, 2.45) is 0 Å². The van der Waals surface area contributed by atoms with Crippen molar-refractivity contribution in [2.75, 3.05) is 6.16 Å². The molecule has 0 saturated carbocycles. The third kappa shape index (κ3) is 14.4. The van der Waals surface area contributed by atoms with Crippen molar-refractivity contribution in [2.45, 2.75) is 97.1 Å². The molecule has 0 N–H and O–H groups in total. The summed E-state index contributed by atoms with van der Waals surface area (Å²) in [5, 5.41) is 0. The van der Waals surface area contributed by atoms with Crippen LogP contribution in [-0.4, -0.2) is 11.8 Å². The van der Waals surface area contributed by atoms with Crippen LogP contribution >= 0.6 is 8.58 Å². The average molecular weight is 258 g/mol. The first kappa shape index (κ1) is 17.4. The maximum Gasteiger partial charge on any atom is -0.0265 e. The molecule has 0 spiro atoms. The minimum atomic E-state index is 1.00. The summed E-state index contributed by atoms with van der Waals surface area (Å²) in [5.41, 5.74) is 1.00. The number of rotatable bonds is 13. The average Bonchev–Trinajstić information content (AvgIpc) is 2.33. The minimum Gasteiger partial charge on any atom is -0.119 e. The number of hydrogen-bond donors (Lipinski definition) is 0. The maximum absolute atomic E-state index is 2.45. The van der Waals surface area contributed by atoms with Crippen LogP contribution in [0, 0.1) is 0 Å². The Kier molecular flexibility index (Phi) is 14.9. The Morgan fingerprint density at radius 2 is 1.24 bits per heavy atom.